The van der Waals surface area contributed by atoms with Crippen molar-refractivity contribution in [3.8, 4) is 0 Å². The van der Waals surface area contributed by atoms with Crippen LogP contribution in [0.4, 0.5) is 0 Å². The lowest BCUT2D eigenvalue weighted by atomic mass is 10.2. The van der Waals surface area contributed by atoms with Crippen LogP contribution in [0.5, 0.6) is 0 Å². The van der Waals surface area contributed by atoms with E-state index >= 15 is 0 Å². The molecule has 0 spiro atoms. The van der Waals surface area contributed by atoms with Gasteiger partial charge in [0, 0.05) is 0 Å². The second kappa shape index (κ2) is 7.12. The summed E-state index contributed by atoms with van der Waals surface area (Å²) in [7, 11) is -3.20. The first kappa shape index (κ1) is 14.7. The van der Waals surface area contributed by atoms with Gasteiger partial charge in [-0.15, -0.1) is 0 Å². The van der Waals surface area contributed by atoms with Crippen molar-refractivity contribution in [3.63, 3.8) is 0 Å². The van der Waals surface area contributed by atoms with Crippen LogP contribution < -0.4 is 0 Å². The molecule has 0 radical (unpaired) electrons. The number of hydrogen-bond acceptors (Lipinski definition) is 3. The predicted molar refractivity (Wildman–Crippen MR) is 74.2 cm³/mol. The van der Waals surface area contributed by atoms with E-state index in [1.807, 2.05) is 30.3 Å². The van der Waals surface area contributed by atoms with Gasteiger partial charge in [-0.25, -0.2) is 0 Å². The molecule has 1 rings (SSSR count). The van der Waals surface area contributed by atoms with Gasteiger partial charge >= 0.3 is 7.60 Å². The third-order valence-corrected chi connectivity index (χ3v) is 5.33. The maximum Gasteiger partial charge on any atom is 0.368 e. The van der Waals surface area contributed by atoms with E-state index in [-0.39, 0.29) is 0 Å². The molecule has 0 bridgehead atoms. The molecule has 0 unspecified atom stereocenters. The summed E-state index contributed by atoms with van der Waals surface area (Å²) in [6, 6.07) is 9.60. The Bertz CT molecular complexity index is 407. The molecule has 1 aromatic rings. The van der Waals surface area contributed by atoms with Crippen molar-refractivity contribution in [3.05, 3.63) is 40.1 Å². The first-order valence-corrected chi connectivity index (χ1v) is 7.78. The molecule has 0 saturated heterocycles. The minimum atomic E-state index is -3.20. The Morgan fingerprint density at radius 1 is 1.24 bits per heavy atom. The van der Waals surface area contributed by atoms with Crippen molar-refractivity contribution in [1.29, 1.82) is 0 Å². The molecule has 0 aromatic heterocycles. The van der Waals surface area contributed by atoms with Gasteiger partial charge in [-0.1, -0.05) is 30.3 Å². The van der Waals surface area contributed by atoms with Gasteiger partial charge in [-0.2, -0.15) is 0 Å². The molecule has 0 aliphatic rings. The SMILES string of the molecule is CCOP(=O)(OCC)/C(Br)=C/c1ccccc1. The fourth-order valence-corrected chi connectivity index (χ4v) is 3.45. The molecule has 3 nitrogen and oxygen atoms in total. The van der Waals surface area contributed by atoms with Crippen molar-refractivity contribution < 1.29 is 13.6 Å². The van der Waals surface area contributed by atoms with Crippen LogP contribution >= 0.6 is 23.5 Å². The molecule has 5 heteroatoms. The van der Waals surface area contributed by atoms with Crippen LogP contribution in [-0.4, -0.2) is 13.2 Å². The average Bonchev–Trinajstić information content (AvgIpc) is 2.31. The van der Waals surface area contributed by atoms with E-state index in [1.54, 1.807) is 19.9 Å². The molecule has 17 heavy (non-hydrogen) atoms. The molecule has 0 fully saturated rings. The summed E-state index contributed by atoms with van der Waals surface area (Å²) in [5.41, 5.74) is 0.944. The van der Waals surface area contributed by atoms with Crippen molar-refractivity contribution in [1.82, 2.24) is 0 Å². The quantitative estimate of drug-likeness (QED) is 0.716. The first-order valence-electron chi connectivity index (χ1n) is 5.44. The standard InChI is InChI=1S/C12H16BrO3P/c1-3-15-17(14,16-4-2)12(13)10-11-8-6-5-7-9-11/h5-10H,3-4H2,1-2H3/b12-10+. The highest BCUT2D eigenvalue weighted by Crippen LogP contribution is 2.59. The monoisotopic (exact) mass is 318 g/mol. The Hall–Kier alpha value is -0.410. The molecule has 0 atom stereocenters. The van der Waals surface area contributed by atoms with Gasteiger partial charge in [0.2, 0.25) is 0 Å². The molecule has 1 aromatic carbocycles. The number of hydrogen-bond donors (Lipinski definition) is 0. The minimum absolute atomic E-state index is 0.342. The summed E-state index contributed by atoms with van der Waals surface area (Å²) in [5, 5.41) is 0. The number of rotatable bonds is 6. The summed E-state index contributed by atoms with van der Waals surface area (Å²) in [6.45, 7) is 4.26. The highest BCUT2D eigenvalue weighted by molar-refractivity contribution is 9.13. The predicted octanol–water partition coefficient (Wildman–Crippen LogP) is 4.65. The van der Waals surface area contributed by atoms with E-state index in [9.17, 15) is 4.57 Å². The molecule has 0 heterocycles. The van der Waals surface area contributed by atoms with Crippen LogP contribution in [0.25, 0.3) is 6.08 Å². The Kier molecular flexibility index (Phi) is 6.14. The van der Waals surface area contributed by atoms with Gasteiger partial charge in [0.25, 0.3) is 0 Å². The van der Waals surface area contributed by atoms with Gasteiger partial charge in [0.05, 0.1) is 13.2 Å². The molecule has 0 N–H and O–H groups in total. The Morgan fingerprint density at radius 2 is 1.76 bits per heavy atom. The largest absolute Gasteiger partial charge is 0.368 e. The van der Waals surface area contributed by atoms with Crippen LogP contribution in [-0.2, 0) is 13.6 Å². The highest BCUT2D eigenvalue weighted by atomic mass is 79.9. The maximum atomic E-state index is 12.4. The van der Waals surface area contributed by atoms with E-state index in [0.29, 0.717) is 17.4 Å². The van der Waals surface area contributed by atoms with Crippen molar-refractivity contribution in [2.75, 3.05) is 13.2 Å². The van der Waals surface area contributed by atoms with Gasteiger partial charge in [0.15, 0.2) is 0 Å². The Morgan fingerprint density at radius 3 is 2.24 bits per heavy atom. The van der Waals surface area contributed by atoms with Gasteiger partial charge in [-0.3, -0.25) is 4.57 Å². The van der Waals surface area contributed by atoms with Gasteiger partial charge < -0.3 is 9.05 Å². The topological polar surface area (TPSA) is 35.5 Å². The fraction of sp³-hybridized carbons (Fsp3) is 0.333. The zero-order valence-corrected chi connectivity index (χ0v) is 12.4. The van der Waals surface area contributed by atoms with E-state index in [2.05, 4.69) is 15.9 Å². The second-order valence-electron chi connectivity index (χ2n) is 3.21. The maximum absolute atomic E-state index is 12.4. The second-order valence-corrected chi connectivity index (χ2v) is 6.67. The third kappa shape index (κ3) is 4.40. The van der Waals surface area contributed by atoms with E-state index in [1.165, 1.54) is 0 Å². The van der Waals surface area contributed by atoms with Gasteiger partial charge in [-0.05, 0) is 41.4 Å². The van der Waals surface area contributed by atoms with Crippen molar-refractivity contribution in [2.24, 2.45) is 0 Å². The summed E-state index contributed by atoms with van der Waals surface area (Å²) in [6.07, 6.45) is 1.76. The summed E-state index contributed by atoms with van der Waals surface area (Å²) >= 11 is 3.29. The molecule has 94 valence electrons. The summed E-state index contributed by atoms with van der Waals surface area (Å²) in [5.74, 6) is 0. The molecule has 0 aliphatic carbocycles. The van der Waals surface area contributed by atoms with E-state index in [0.717, 1.165) is 5.56 Å². The normalized spacial score (nSPS) is 12.8. The molecular weight excluding hydrogens is 303 g/mol. The first-order chi connectivity index (χ1) is 8.12. The van der Waals surface area contributed by atoms with E-state index in [4.69, 9.17) is 9.05 Å². The summed E-state index contributed by atoms with van der Waals surface area (Å²) in [4.78, 5) is 0. The van der Waals surface area contributed by atoms with Gasteiger partial charge in [0.1, 0.15) is 4.22 Å². The molecule has 0 saturated carbocycles. The van der Waals surface area contributed by atoms with Crippen LogP contribution in [0, 0.1) is 0 Å². The fourth-order valence-electron chi connectivity index (χ4n) is 1.27. The van der Waals surface area contributed by atoms with Crippen LogP contribution in [0.2, 0.25) is 0 Å². The number of halogens is 1. The molecule has 0 amide bonds. The highest BCUT2D eigenvalue weighted by Gasteiger charge is 2.27. The lowest BCUT2D eigenvalue weighted by Crippen LogP contribution is -1.95. The lowest BCUT2D eigenvalue weighted by Gasteiger charge is -2.16. The smallest absolute Gasteiger partial charge is 0.305 e. The van der Waals surface area contributed by atoms with Crippen LogP contribution in [0.15, 0.2) is 34.6 Å². The third-order valence-electron chi connectivity index (χ3n) is 1.95. The zero-order chi connectivity index (χ0) is 12.7. The number of benzene rings is 1. The summed E-state index contributed by atoms with van der Waals surface area (Å²) < 4.78 is 23.2. The van der Waals surface area contributed by atoms with Crippen LogP contribution in [0.3, 0.4) is 0 Å². The van der Waals surface area contributed by atoms with Crippen molar-refractivity contribution >= 4 is 29.6 Å². The minimum Gasteiger partial charge on any atom is -0.305 e. The molecular formula is C12H16BrO3P. The average molecular weight is 319 g/mol. The Labute approximate surface area is 110 Å². The van der Waals surface area contributed by atoms with Crippen LogP contribution in [0.1, 0.15) is 19.4 Å². The lowest BCUT2D eigenvalue weighted by molar-refractivity contribution is 0.228. The zero-order valence-electron chi connectivity index (χ0n) is 9.93. The van der Waals surface area contributed by atoms with Crippen molar-refractivity contribution in [2.45, 2.75) is 13.8 Å². The molecule has 0 aliphatic heterocycles. The Balaban J connectivity index is 2.96. The van der Waals surface area contributed by atoms with E-state index < -0.39 is 7.60 Å².